The van der Waals surface area contributed by atoms with Crippen LogP contribution in [0.15, 0.2) is 133 Å². The van der Waals surface area contributed by atoms with E-state index in [1.165, 1.54) is 0 Å². The molecule has 10 heteroatoms. The molecular weight excluding hydrogens is 722 g/mol. The monoisotopic (exact) mass is 768 g/mol. The van der Waals surface area contributed by atoms with E-state index in [-0.39, 0.29) is 0 Å². The molecule has 0 aliphatic carbocycles. The van der Waals surface area contributed by atoms with Crippen LogP contribution in [0.5, 0.6) is 23.0 Å². The molecule has 58 heavy (non-hydrogen) atoms. The van der Waals surface area contributed by atoms with Gasteiger partial charge in [0, 0.05) is 11.4 Å². The van der Waals surface area contributed by atoms with Crippen molar-refractivity contribution in [2.75, 3.05) is 9.80 Å². The summed E-state index contributed by atoms with van der Waals surface area (Å²) in [5.74, 6) is 3.11. The third-order valence-corrected chi connectivity index (χ3v) is 12.6. The quantitative estimate of drug-likeness (QED) is 0.160. The van der Waals surface area contributed by atoms with E-state index in [1.54, 1.807) is 0 Å². The van der Waals surface area contributed by atoms with Crippen LogP contribution in [0.4, 0.5) is 34.1 Å². The van der Waals surface area contributed by atoms with Crippen LogP contribution in [-0.2, 0) is 18.6 Å². The van der Waals surface area contributed by atoms with E-state index in [0.29, 0.717) is 0 Å². The predicted octanol–water partition coefficient (Wildman–Crippen LogP) is 11.1. The van der Waals surface area contributed by atoms with Crippen LogP contribution >= 0.6 is 0 Å². The molecule has 0 atom stereocenters. The minimum atomic E-state index is -0.612. The number of para-hydroxylation sites is 8. The number of ether oxygens (including phenoxy) is 2. The summed E-state index contributed by atoms with van der Waals surface area (Å²) in [6.45, 7) is 16.7. The molecule has 2 fully saturated rings. The third-order valence-electron chi connectivity index (χ3n) is 12.6. The lowest BCUT2D eigenvalue weighted by atomic mass is 9.75. The van der Waals surface area contributed by atoms with Crippen LogP contribution in [-0.4, -0.2) is 36.6 Å². The Hall–Kier alpha value is -5.51. The molecule has 0 N–H and O–H groups in total. The van der Waals surface area contributed by atoms with Crippen molar-refractivity contribution in [3.8, 4) is 34.1 Å². The zero-order valence-corrected chi connectivity index (χ0v) is 34.2. The fourth-order valence-electron chi connectivity index (χ4n) is 8.06. The third kappa shape index (κ3) is 5.92. The van der Waals surface area contributed by atoms with Gasteiger partial charge in [-0.15, -0.1) is 0 Å². The first kappa shape index (κ1) is 36.8. The molecule has 0 amide bonds. The van der Waals surface area contributed by atoms with Crippen molar-refractivity contribution in [2.24, 2.45) is 0 Å². The van der Waals surface area contributed by atoms with Crippen molar-refractivity contribution in [3.63, 3.8) is 0 Å². The first-order valence-electron chi connectivity index (χ1n) is 20.0. The number of nitrogens with zero attached hydrogens (tertiary/aromatic N) is 2. The Morgan fingerprint density at radius 1 is 0.362 bits per heavy atom. The fraction of sp³-hybridized carbons (Fsp3) is 0.250. The molecule has 290 valence electrons. The second-order valence-electron chi connectivity index (χ2n) is 17.5. The molecule has 4 aliphatic rings. The molecule has 0 saturated carbocycles. The standard InChI is InChI=1S/C48H46B2N2O6/c1-45(2)46(3,4)56-49(55-45)33-25-31(27-35(29-33)51-37-17-9-13-21-41(37)53-42-22-14-10-18-38(42)51)32-26-34(50-57-47(5,6)48(7,8)58-50)30-36(28-32)52-39-19-11-15-23-43(39)54-44-24-16-12-20-40(44)52/h9-30H,1-8H3. The summed E-state index contributed by atoms with van der Waals surface area (Å²) in [6, 6.07) is 45.8. The first-order chi connectivity index (χ1) is 27.7. The van der Waals surface area contributed by atoms with Crippen LogP contribution in [0.3, 0.4) is 0 Å². The van der Waals surface area contributed by atoms with E-state index in [1.807, 2.05) is 72.8 Å². The lowest BCUT2D eigenvalue weighted by Crippen LogP contribution is -2.41. The Kier molecular flexibility index (Phi) is 8.25. The van der Waals surface area contributed by atoms with Gasteiger partial charge in [-0.1, -0.05) is 60.7 Å². The van der Waals surface area contributed by atoms with Crippen molar-refractivity contribution in [2.45, 2.75) is 77.8 Å². The van der Waals surface area contributed by atoms with Gasteiger partial charge in [0.05, 0.1) is 45.2 Å². The number of rotatable bonds is 5. The SMILES string of the molecule is CC1(C)OB(c2cc(-c3cc(B4OC(C)(C)C(C)(C)O4)cc(N4c5ccccc5Oc5ccccc54)c3)cc(N3c4ccccc4Oc4ccccc43)c2)OC1(C)C. The molecule has 0 bridgehead atoms. The number of fused-ring (bicyclic) bond motifs is 4. The molecule has 0 spiro atoms. The van der Waals surface area contributed by atoms with E-state index in [9.17, 15) is 0 Å². The lowest BCUT2D eigenvalue weighted by Gasteiger charge is -2.34. The molecule has 0 unspecified atom stereocenters. The van der Waals surface area contributed by atoms with E-state index < -0.39 is 36.6 Å². The van der Waals surface area contributed by atoms with Gasteiger partial charge in [-0.2, -0.15) is 0 Å². The number of hydrogen-bond donors (Lipinski definition) is 0. The highest BCUT2D eigenvalue weighted by molar-refractivity contribution is 6.63. The zero-order chi connectivity index (χ0) is 40.2. The zero-order valence-electron chi connectivity index (χ0n) is 34.2. The van der Waals surface area contributed by atoms with E-state index >= 15 is 0 Å². The van der Waals surface area contributed by atoms with Crippen LogP contribution in [0, 0.1) is 0 Å². The highest BCUT2D eigenvalue weighted by Crippen LogP contribution is 2.53. The van der Waals surface area contributed by atoms with Gasteiger partial charge in [-0.3, -0.25) is 0 Å². The summed E-state index contributed by atoms with van der Waals surface area (Å²) in [4.78, 5) is 4.53. The molecule has 0 aromatic heterocycles. The molecule has 2 saturated heterocycles. The normalized spacial score (nSPS) is 19.1. The van der Waals surface area contributed by atoms with Gasteiger partial charge >= 0.3 is 14.2 Å². The number of hydrogen-bond acceptors (Lipinski definition) is 8. The van der Waals surface area contributed by atoms with E-state index in [0.717, 1.165) is 79.2 Å². The van der Waals surface area contributed by atoms with Crippen LogP contribution in [0.1, 0.15) is 55.4 Å². The fourth-order valence-corrected chi connectivity index (χ4v) is 8.06. The Balaban J connectivity index is 1.21. The lowest BCUT2D eigenvalue weighted by molar-refractivity contribution is 0.00578. The van der Waals surface area contributed by atoms with Gasteiger partial charge < -0.3 is 37.9 Å². The maximum atomic E-state index is 6.74. The average molecular weight is 769 g/mol. The maximum absolute atomic E-state index is 6.74. The van der Waals surface area contributed by atoms with Crippen LogP contribution in [0.25, 0.3) is 11.1 Å². The Morgan fingerprint density at radius 2 is 0.638 bits per heavy atom. The minimum absolute atomic E-state index is 0.535. The van der Waals surface area contributed by atoms with E-state index in [4.69, 9.17) is 28.1 Å². The second-order valence-corrected chi connectivity index (χ2v) is 17.5. The van der Waals surface area contributed by atoms with Crippen molar-refractivity contribution < 1.29 is 28.1 Å². The highest BCUT2D eigenvalue weighted by Gasteiger charge is 2.53. The summed E-state index contributed by atoms with van der Waals surface area (Å²) in [5.41, 5.74) is 7.23. The minimum Gasteiger partial charge on any atom is -0.453 e. The first-order valence-corrected chi connectivity index (χ1v) is 20.0. The molecule has 10 rings (SSSR count). The second kappa shape index (κ2) is 13.0. The molecule has 4 aliphatic heterocycles. The Morgan fingerprint density at radius 3 is 0.931 bits per heavy atom. The Bertz CT molecular complexity index is 2300. The highest BCUT2D eigenvalue weighted by atomic mass is 16.7. The topological polar surface area (TPSA) is 61.9 Å². The summed E-state index contributed by atoms with van der Waals surface area (Å²) in [7, 11) is -1.22. The molecule has 4 heterocycles. The average Bonchev–Trinajstić information content (AvgIpc) is 3.57. The predicted molar refractivity (Wildman–Crippen MR) is 233 cm³/mol. The molecular formula is C48H46B2N2O6. The molecule has 0 radical (unpaired) electrons. The van der Waals surface area contributed by atoms with Crippen LogP contribution < -0.4 is 30.2 Å². The molecule has 6 aromatic rings. The number of benzene rings is 6. The largest absolute Gasteiger partial charge is 0.494 e. The summed E-state index contributed by atoms with van der Waals surface area (Å²) >= 11 is 0. The molecule has 6 aromatic carbocycles. The van der Waals surface area contributed by atoms with Gasteiger partial charge in [-0.05, 0) is 150 Å². The molecule has 8 nitrogen and oxygen atoms in total. The maximum Gasteiger partial charge on any atom is 0.494 e. The summed E-state index contributed by atoms with van der Waals surface area (Å²) in [5, 5.41) is 0. The van der Waals surface area contributed by atoms with Crippen molar-refractivity contribution in [1.29, 1.82) is 0 Å². The summed E-state index contributed by atoms with van der Waals surface area (Å²) in [6.07, 6.45) is 0. The van der Waals surface area contributed by atoms with Gasteiger partial charge in [-0.25, -0.2) is 0 Å². The van der Waals surface area contributed by atoms with Crippen molar-refractivity contribution in [3.05, 3.63) is 133 Å². The van der Waals surface area contributed by atoms with E-state index in [2.05, 4.69) is 126 Å². The van der Waals surface area contributed by atoms with Gasteiger partial charge in [0.1, 0.15) is 0 Å². The van der Waals surface area contributed by atoms with Gasteiger partial charge in [0.2, 0.25) is 0 Å². The van der Waals surface area contributed by atoms with Gasteiger partial charge in [0.25, 0.3) is 0 Å². The van der Waals surface area contributed by atoms with Crippen molar-refractivity contribution >= 4 is 59.3 Å². The van der Waals surface area contributed by atoms with Crippen LogP contribution in [0.2, 0.25) is 0 Å². The smallest absolute Gasteiger partial charge is 0.453 e. The van der Waals surface area contributed by atoms with Gasteiger partial charge in [0.15, 0.2) is 23.0 Å². The van der Waals surface area contributed by atoms with Crippen molar-refractivity contribution in [1.82, 2.24) is 0 Å². The number of anilines is 6. The summed E-state index contributed by atoms with van der Waals surface area (Å²) < 4.78 is 39.9. The Labute approximate surface area is 341 Å².